The summed E-state index contributed by atoms with van der Waals surface area (Å²) in [6, 6.07) is 1.72. The fraction of sp³-hybridized carbons (Fsp3) is 0.556. The molecule has 1 aromatic rings. The Bertz CT molecular complexity index is 254. The zero-order valence-electron chi connectivity index (χ0n) is 7.77. The minimum atomic E-state index is 0.801. The number of hydrogen-bond donors (Lipinski definition) is 0. The maximum absolute atomic E-state index is 4.19. The molecule has 1 saturated heterocycles. The minimum Gasteiger partial charge on any atom is -0.338 e. The summed E-state index contributed by atoms with van der Waals surface area (Å²) in [6.07, 6.45) is 4.54. The summed E-state index contributed by atoms with van der Waals surface area (Å²) in [5.74, 6) is 0.801. The predicted molar refractivity (Wildman–Crippen MR) is 50.6 cm³/mol. The summed E-state index contributed by atoms with van der Waals surface area (Å²) < 4.78 is 0. The molecular formula is C9H13N4. The molecule has 1 radical (unpaired) electrons. The van der Waals surface area contributed by atoms with Gasteiger partial charge in [0.2, 0.25) is 5.95 Å². The van der Waals surface area contributed by atoms with Crippen LogP contribution in [-0.2, 0) is 0 Å². The lowest BCUT2D eigenvalue weighted by Crippen LogP contribution is -2.45. The van der Waals surface area contributed by atoms with Crippen LogP contribution in [0.3, 0.4) is 0 Å². The summed E-state index contributed by atoms with van der Waals surface area (Å²) in [4.78, 5) is 12.8. The fourth-order valence-electron chi connectivity index (χ4n) is 1.42. The highest BCUT2D eigenvalue weighted by atomic mass is 15.3. The van der Waals surface area contributed by atoms with E-state index in [0.717, 1.165) is 32.1 Å². The molecule has 1 aromatic heterocycles. The minimum absolute atomic E-state index is 0.801. The van der Waals surface area contributed by atoms with E-state index in [9.17, 15) is 0 Å². The van der Waals surface area contributed by atoms with Gasteiger partial charge in [0.15, 0.2) is 0 Å². The molecule has 1 aliphatic rings. The molecule has 0 bridgehead atoms. The van der Waals surface area contributed by atoms with Gasteiger partial charge in [-0.25, -0.2) is 9.97 Å². The number of likely N-dealkylation sites (N-methyl/N-ethyl adjacent to an activating group) is 1. The number of rotatable bonds is 1. The van der Waals surface area contributed by atoms with Crippen molar-refractivity contribution in [2.24, 2.45) is 0 Å². The van der Waals surface area contributed by atoms with Crippen LogP contribution in [0, 0.1) is 6.20 Å². The van der Waals surface area contributed by atoms with Gasteiger partial charge in [-0.2, -0.15) is 0 Å². The van der Waals surface area contributed by atoms with E-state index in [0.29, 0.717) is 0 Å². The van der Waals surface area contributed by atoms with Crippen molar-refractivity contribution in [1.82, 2.24) is 14.9 Å². The summed E-state index contributed by atoms with van der Waals surface area (Å²) in [5, 5.41) is 0. The molecule has 1 aliphatic heterocycles. The van der Waals surface area contributed by atoms with Crippen LogP contribution < -0.4 is 4.90 Å². The largest absolute Gasteiger partial charge is 0.338 e. The molecule has 0 aromatic carbocycles. The van der Waals surface area contributed by atoms with Crippen molar-refractivity contribution < 1.29 is 0 Å². The van der Waals surface area contributed by atoms with Crippen molar-refractivity contribution in [2.45, 2.75) is 0 Å². The topological polar surface area (TPSA) is 32.3 Å². The van der Waals surface area contributed by atoms with Gasteiger partial charge in [0.05, 0.1) is 6.20 Å². The van der Waals surface area contributed by atoms with E-state index in [4.69, 9.17) is 0 Å². The van der Waals surface area contributed by atoms with Gasteiger partial charge in [-0.1, -0.05) is 0 Å². The summed E-state index contributed by atoms with van der Waals surface area (Å²) in [6.45, 7) is 4.18. The standard InChI is InChI=1S/C9H13N4/c1-12-5-7-13(8-6-12)9-10-3-2-4-11-9/h2-3H,5-8H2,1H3. The molecule has 0 N–H and O–H groups in total. The van der Waals surface area contributed by atoms with E-state index in [1.807, 2.05) is 0 Å². The third kappa shape index (κ3) is 1.95. The lowest BCUT2D eigenvalue weighted by Gasteiger charge is -2.32. The smallest absolute Gasteiger partial charge is 0.225 e. The first kappa shape index (κ1) is 8.44. The highest BCUT2D eigenvalue weighted by Crippen LogP contribution is 2.07. The highest BCUT2D eigenvalue weighted by molar-refractivity contribution is 5.28. The van der Waals surface area contributed by atoms with Crippen LogP contribution in [0.15, 0.2) is 12.3 Å². The number of aromatic nitrogens is 2. The van der Waals surface area contributed by atoms with Gasteiger partial charge in [-0.15, -0.1) is 0 Å². The lowest BCUT2D eigenvalue weighted by atomic mass is 10.3. The third-order valence-electron chi connectivity index (χ3n) is 2.29. The molecule has 0 saturated carbocycles. The zero-order valence-corrected chi connectivity index (χ0v) is 7.77. The Hall–Kier alpha value is -1.16. The quantitative estimate of drug-likeness (QED) is 0.605. The van der Waals surface area contributed by atoms with Crippen LogP contribution in [0.25, 0.3) is 0 Å². The molecule has 1 fully saturated rings. The van der Waals surface area contributed by atoms with Crippen LogP contribution in [0.4, 0.5) is 5.95 Å². The van der Waals surface area contributed by atoms with E-state index in [1.165, 1.54) is 0 Å². The first-order valence-corrected chi connectivity index (χ1v) is 4.49. The van der Waals surface area contributed by atoms with Crippen molar-refractivity contribution in [1.29, 1.82) is 0 Å². The molecule has 0 aliphatic carbocycles. The summed E-state index contributed by atoms with van der Waals surface area (Å²) in [7, 11) is 2.13. The predicted octanol–water partition coefficient (Wildman–Crippen LogP) is 0.0286. The zero-order chi connectivity index (χ0) is 9.10. The van der Waals surface area contributed by atoms with E-state index >= 15 is 0 Å². The van der Waals surface area contributed by atoms with E-state index in [2.05, 4.69) is 33.0 Å². The van der Waals surface area contributed by atoms with E-state index in [-0.39, 0.29) is 0 Å². The SMILES string of the molecule is CN1CCN(c2n[c]ccn2)CC1. The Kier molecular flexibility index (Phi) is 2.40. The Morgan fingerprint density at radius 2 is 2.08 bits per heavy atom. The van der Waals surface area contributed by atoms with Crippen LogP contribution in [-0.4, -0.2) is 48.1 Å². The maximum Gasteiger partial charge on any atom is 0.225 e. The molecule has 4 heteroatoms. The molecule has 69 valence electrons. The Labute approximate surface area is 78.2 Å². The lowest BCUT2D eigenvalue weighted by molar-refractivity contribution is 0.311. The van der Waals surface area contributed by atoms with Crippen molar-refractivity contribution in [3.63, 3.8) is 0 Å². The molecule has 0 unspecified atom stereocenters. The second kappa shape index (κ2) is 3.70. The normalized spacial score (nSPS) is 19.0. The maximum atomic E-state index is 4.19. The molecule has 0 atom stereocenters. The van der Waals surface area contributed by atoms with Crippen LogP contribution in [0.5, 0.6) is 0 Å². The number of hydrogen-bond acceptors (Lipinski definition) is 4. The van der Waals surface area contributed by atoms with Gasteiger partial charge in [0.25, 0.3) is 0 Å². The molecular weight excluding hydrogens is 164 g/mol. The Morgan fingerprint density at radius 3 is 2.69 bits per heavy atom. The number of nitrogens with zero attached hydrogens (tertiary/aromatic N) is 4. The van der Waals surface area contributed by atoms with Crippen molar-refractivity contribution in [3.8, 4) is 0 Å². The second-order valence-corrected chi connectivity index (χ2v) is 3.28. The Morgan fingerprint density at radius 1 is 1.31 bits per heavy atom. The van der Waals surface area contributed by atoms with Gasteiger partial charge in [-0.3, -0.25) is 0 Å². The Balaban J connectivity index is 2.03. The number of piperazine rings is 1. The van der Waals surface area contributed by atoms with Crippen molar-refractivity contribution >= 4 is 5.95 Å². The monoisotopic (exact) mass is 177 g/mol. The molecule has 2 heterocycles. The molecule has 4 nitrogen and oxygen atoms in total. The summed E-state index contributed by atoms with van der Waals surface area (Å²) in [5.41, 5.74) is 0. The van der Waals surface area contributed by atoms with Gasteiger partial charge in [0.1, 0.15) is 0 Å². The van der Waals surface area contributed by atoms with Crippen molar-refractivity contribution in [3.05, 3.63) is 18.5 Å². The molecule has 2 rings (SSSR count). The van der Waals surface area contributed by atoms with Crippen LogP contribution in [0.2, 0.25) is 0 Å². The number of anilines is 1. The van der Waals surface area contributed by atoms with E-state index in [1.54, 1.807) is 12.3 Å². The molecule has 0 amide bonds. The first-order chi connectivity index (χ1) is 6.36. The second-order valence-electron chi connectivity index (χ2n) is 3.28. The third-order valence-corrected chi connectivity index (χ3v) is 2.29. The van der Waals surface area contributed by atoms with E-state index < -0.39 is 0 Å². The van der Waals surface area contributed by atoms with Crippen molar-refractivity contribution in [2.75, 3.05) is 38.1 Å². The average molecular weight is 177 g/mol. The first-order valence-electron chi connectivity index (χ1n) is 4.49. The highest BCUT2D eigenvalue weighted by Gasteiger charge is 2.15. The van der Waals surface area contributed by atoms with Gasteiger partial charge >= 0.3 is 0 Å². The van der Waals surface area contributed by atoms with Gasteiger partial charge < -0.3 is 9.80 Å². The van der Waals surface area contributed by atoms with Gasteiger partial charge in [0, 0.05) is 32.4 Å². The fourth-order valence-corrected chi connectivity index (χ4v) is 1.42. The van der Waals surface area contributed by atoms with Gasteiger partial charge in [-0.05, 0) is 13.1 Å². The molecule has 13 heavy (non-hydrogen) atoms. The van der Waals surface area contributed by atoms with Crippen LogP contribution >= 0.6 is 0 Å². The summed E-state index contributed by atoms with van der Waals surface area (Å²) >= 11 is 0. The average Bonchev–Trinajstić information content (AvgIpc) is 2.20. The van der Waals surface area contributed by atoms with Crippen LogP contribution in [0.1, 0.15) is 0 Å². The molecule has 0 spiro atoms.